The minimum absolute atomic E-state index is 0.415. The number of hydrogen-bond donors (Lipinski definition) is 1. The second-order valence-corrected chi connectivity index (χ2v) is 11.0. The molecule has 3 rings (SSSR count). The molecule has 0 heterocycles. The fraction of sp³-hybridized carbons (Fsp3) is 0.667. The van der Waals surface area contributed by atoms with Crippen LogP contribution >= 0.6 is 0 Å². The Bertz CT molecular complexity index is 809. The van der Waals surface area contributed by atoms with Crippen LogP contribution in [0.3, 0.4) is 0 Å². The Balaban J connectivity index is 1.72. The summed E-state index contributed by atoms with van der Waals surface area (Å²) in [4.78, 5) is 2.54. The van der Waals surface area contributed by atoms with Gasteiger partial charge in [0.25, 0.3) is 0 Å². The summed E-state index contributed by atoms with van der Waals surface area (Å²) in [6, 6.07) is 11.1. The van der Waals surface area contributed by atoms with Crippen molar-refractivity contribution >= 4 is 10.8 Å². The lowest BCUT2D eigenvalue weighted by atomic mass is 9.84. The Kier molecular flexibility index (Phi) is 10.1. The Morgan fingerprint density at radius 1 is 0.812 bits per heavy atom. The molecule has 1 unspecified atom stereocenters. The molecule has 2 nitrogen and oxygen atoms in total. The fourth-order valence-electron chi connectivity index (χ4n) is 5.35. The van der Waals surface area contributed by atoms with E-state index < -0.39 is 6.10 Å². The second kappa shape index (κ2) is 12.8. The van der Waals surface area contributed by atoms with E-state index in [4.69, 9.17) is 0 Å². The van der Waals surface area contributed by atoms with Crippen molar-refractivity contribution in [1.29, 1.82) is 0 Å². The molecule has 2 heteroatoms. The molecular formula is C30H47NO. The van der Waals surface area contributed by atoms with E-state index in [1.165, 1.54) is 79.7 Å². The van der Waals surface area contributed by atoms with Gasteiger partial charge in [0.1, 0.15) is 0 Å². The molecule has 0 amide bonds. The Morgan fingerprint density at radius 2 is 1.41 bits per heavy atom. The SMILES string of the molecule is CC(C)CCCCN(CCCCC(C)C)CC(O)c1cc2c(c3ccccc13)CCCC2. The van der Waals surface area contributed by atoms with Crippen LogP contribution in [0.2, 0.25) is 0 Å². The van der Waals surface area contributed by atoms with E-state index >= 15 is 0 Å². The number of hydrogen-bond acceptors (Lipinski definition) is 2. The first kappa shape index (κ1) is 25.2. The highest BCUT2D eigenvalue weighted by atomic mass is 16.3. The summed E-state index contributed by atoms with van der Waals surface area (Å²) in [5, 5.41) is 14.1. The summed E-state index contributed by atoms with van der Waals surface area (Å²) in [5.74, 6) is 1.56. The molecule has 0 aromatic heterocycles. The predicted octanol–water partition coefficient (Wildman–Crippen LogP) is 7.71. The number of rotatable bonds is 13. The lowest BCUT2D eigenvalue weighted by Gasteiger charge is -2.28. The lowest BCUT2D eigenvalue weighted by molar-refractivity contribution is 0.111. The van der Waals surface area contributed by atoms with Gasteiger partial charge in [0, 0.05) is 6.54 Å². The van der Waals surface area contributed by atoms with Crippen LogP contribution in [-0.4, -0.2) is 29.6 Å². The maximum Gasteiger partial charge on any atom is 0.0923 e. The van der Waals surface area contributed by atoms with Gasteiger partial charge in [-0.25, -0.2) is 0 Å². The molecule has 178 valence electrons. The van der Waals surface area contributed by atoms with Crippen LogP contribution in [0.15, 0.2) is 30.3 Å². The minimum Gasteiger partial charge on any atom is -0.387 e. The number of nitrogens with zero attached hydrogens (tertiary/aromatic N) is 1. The highest BCUT2D eigenvalue weighted by Crippen LogP contribution is 2.34. The predicted molar refractivity (Wildman–Crippen MR) is 139 cm³/mol. The van der Waals surface area contributed by atoms with Gasteiger partial charge in [-0.15, -0.1) is 0 Å². The molecule has 2 aromatic carbocycles. The molecule has 1 aliphatic rings. The monoisotopic (exact) mass is 437 g/mol. The number of benzene rings is 2. The van der Waals surface area contributed by atoms with Gasteiger partial charge in [-0.2, -0.15) is 0 Å². The Hall–Kier alpha value is -1.38. The van der Waals surface area contributed by atoms with Crippen LogP contribution in [0.1, 0.15) is 102 Å². The van der Waals surface area contributed by atoms with Gasteiger partial charge in [0.2, 0.25) is 0 Å². The van der Waals surface area contributed by atoms with Crippen LogP contribution < -0.4 is 0 Å². The fourth-order valence-corrected chi connectivity index (χ4v) is 5.35. The van der Waals surface area contributed by atoms with E-state index in [1.807, 2.05) is 0 Å². The Morgan fingerprint density at radius 3 is 2.03 bits per heavy atom. The minimum atomic E-state index is -0.415. The molecule has 1 atom stereocenters. The van der Waals surface area contributed by atoms with Gasteiger partial charge in [-0.1, -0.05) is 83.7 Å². The summed E-state index contributed by atoms with van der Waals surface area (Å²) < 4.78 is 0. The Labute approximate surface area is 197 Å². The summed E-state index contributed by atoms with van der Waals surface area (Å²) in [6.45, 7) is 12.2. The van der Waals surface area contributed by atoms with Crippen molar-refractivity contribution in [2.45, 2.75) is 98.0 Å². The molecule has 0 saturated heterocycles. The van der Waals surface area contributed by atoms with E-state index in [-0.39, 0.29) is 0 Å². The third-order valence-electron chi connectivity index (χ3n) is 7.21. The first-order valence-electron chi connectivity index (χ1n) is 13.4. The van der Waals surface area contributed by atoms with Crippen LogP contribution in [0.4, 0.5) is 0 Å². The maximum atomic E-state index is 11.4. The number of unbranched alkanes of at least 4 members (excludes halogenated alkanes) is 2. The molecule has 0 spiro atoms. The molecule has 0 bridgehead atoms. The van der Waals surface area contributed by atoms with Gasteiger partial charge < -0.3 is 10.0 Å². The quantitative estimate of drug-likeness (QED) is 0.324. The van der Waals surface area contributed by atoms with Gasteiger partial charge >= 0.3 is 0 Å². The number of aliphatic hydroxyl groups is 1. The first-order chi connectivity index (χ1) is 15.5. The van der Waals surface area contributed by atoms with Crippen molar-refractivity contribution < 1.29 is 5.11 Å². The highest BCUT2D eigenvalue weighted by molar-refractivity contribution is 5.90. The van der Waals surface area contributed by atoms with Gasteiger partial charge in [-0.05, 0) is 90.9 Å². The summed E-state index contributed by atoms with van der Waals surface area (Å²) in [6.07, 6.45) is 12.2. The number of aliphatic hydroxyl groups excluding tert-OH is 1. The van der Waals surface area contributed by atoms with Crippen LogP contribution in [0.25, 0.3) is 10.8 Å². The topological polar surface area (TPSA) is 23.5 Å². The third kappa shape index (κ3) is 7.32. The average Bonchev–Trinajstić information content (AvgIpc) is 2.78. The van der Waals surface area contributed by atoms with E-state index in [2.05, 4.69) is 62.9 Å². The highest BCUT2D eigenvalue weighted by Gasteiger charge is 2.20. The average molecular weight is 438 g/mol. The zero-order valence-corrected chi connectivity index (χ0v) is 21.2. The molecule has 2 aromatic rings. The second-order valence-electron chi connectivity index (χ2n) is 11.0. The smallest absolute Gasteiger partial charge is 0.0923 e. The van der Waals surface area contributed by atoms with Gasteiger partial charge in [0.15, 0.2) is 0 Å². The van der Waals surface area contributed by atoms with Crippen molar-refractivity contribution in [3.05, 3.63) is 47.0 Å². The maximum absolute atomic E-state index is 11.4. The van der Waals surface area contributed by atoms with Crippen molar-refractivity contribution in [3.8, 4) is 0 Å². The molecule has 0 aliphatic heterocycles. The van der Waals surface area contributed by atoms with Crippen molar-refractivity contribution in [2.24, 2.45) is 11.8 Å². The molecule has 1 N–H and O–H groups in total. The molecule has 1 aliphatic carbocycles. The largest absolute Gasteiger partial charge is 0.387 e. The van der Waals surface area contributed by atoms with Crippen molar-refractivity contribution in [1.82, 2.24) is 4.90 Å². The molecule has 32 heavy (non-hydrogen) atoms. The van der Waals surface area contributed by atoms with E-state index in [0.717, 1.165) is 43.5 Å². The standard InChI is InChI=1S/C30H47NO/c1-23(2)13-9-11-19-31(20-12-10-14-24(3)4)22-30(32)29-21-25-15-5-6-16-26(25)27-17-7-8-18-28(27)29/h7-8,17-18,21,23-24,30,32H,5-6,9-16,19-20,22H2,1-4H3. The van der Waals surface area contributed by atoms with Gasteiger partial charge in [0.05, 0.1) is 6.10 Å². The summed E-state index contributed by atoms with van der Waals surface area (Å²) in [5.41, 5.74) is 4.15. The molecule has 0 fully saturated rings. The zero-order chi connectivity index (χ0) is 22.9. The third-order valence-corrected chi connectivity index (χ3v) is 7.21. The van der Waals surface area contributed by atoms with Crippen LogP contribution in [-0.2, 0) is 12.8 Å². The van der Waals surface area contributed by atoms with E-state index in [9.17, 15) is 5.11 Å². The lowest BCUT2D eigenvalue weighted by Crippen LogP contribution is -2.31. The van der Waals surface area contributed by atoms with Crippen molar-refractivity contribution in [3.63, 3.8) is 0 Å². The normalized spacial score (nSPS) is 15.1. The molecule has 0 saturated carbocycles. The van der Waals surface area contributed by atoms with Crippen molar-refractivity contribution in [2.75, 3.05) is 19.6 Å². The summed E-state index contributed by atoms with van der Waals surface area (Å²) >= 11 is 0. The molecule has 0 radical (unpaired) electrons. The number of fused-ring (bicyclic) bond motifs is 3. The van der Waals surface area contributed by atoms with Crippen LogP contribution in [0.5, 0.6) is 0 Å². The van der Waals surface area contributed by atoms with E-state index in [1.54, 1.807) is 0 Å². The van der Waals surface area contributed by atoms with E-state index in [0.29, 0.717) is 0 Å². The van der Waals surface area contributed by atoms with Gasteiger partial charge in [-0.3, -0.25) is 0 Å². The number of aryl methyl sites for hydroxylation is 2. The van der Waals surface area contributed by atoms with Crippen LogP contribution in [0, 0.1) is 11.8 Å². The molecular weight excluding hydrogens is 390 g/mol. The first-order valence-corrected chi connectivity index (χ1v) is 13.4. The zero-order valence-electron chi connectivity index (χ0n) is 21.2. The summed E-state index contributed by atoms with van der Waals surface area (Å²) in [7, 11) is 0.